The molecule has 19 heavy (non-hydrogen) atoms. The quantitative estimate of drug-likeness (QED) is 0.872. The first-order chi connectivity index (χ1) is 9.34. The van der Waals surface area contributed by atoms with Crippen LogP contribution in [0.1, 0.15) is 25.7 Å². The van der Waals surface area contributed by atoms with Gasteiger partial charge in [0.1, 0.15) is 0 Å². The third kappa shape index (κ3) is 2.71. The zero-order valence-corrected chi connectivity index (χ0v) is 11.6. The van der Waals surface area contributed by atoms with E-state index in [1.165, 1.54) is 17.7 Å². The zero-order valence-electron chi connectivity index (χ0n) is 10.8. The Morgan fingerprint density at radius 3 is 2.63 bits per heavy atom. The van der Waals surface area contributed by atoms with Gasteiger partial charge in [0.05, 0.1) is 0 Å². The monoisotopic (exact) mass is 271 g/mol. The van der Waals surface area contributed by atoms with Gasteiger partial charge in [-0.1, -0.05) is 37.1 Å². The molecule has 3 heteroatoms. The minimum atomic E-state index is 0.182. The van der Waals surface area contributed by atoms with Crippen LogP contribution in [-0.2, 0) is 4.79 Å². The summed E-state index contributed by atoms with van der Waals surface area (Å²) < 4.78 is 0. The van der Waals surface area contributed by atoms with Crippen molar-refractivity contribution in [1.29, 1.82) is 0 Å². The Morgan fingerprint density at radius 1 is 1.11 bits per heavy atom. The highest BCUT2D eigenvalue weighted by molar-refractivity contribution is 7.13. The van der Waals surface area contributed by atoms with Crippen molar-refractivity contribution in [2.75, 3.05) is 5.32 Å². The lowest BCUT2D eigenvalue weighted by Crippen LogP contribution is -2.20. The molecule has 1 fully saturated rings. The molecule has 2 aromatic rings. The SMILES string of the molecule is O=C(Nc1ccccc1-c1cccs1)C1CCCC1. The molecular weight excluding hydrogens is 254 g/mol. The van der Waals surface area contributed by atoms with Crippen molar-refractivity contribution in [1.82, 2.24) is 0 Å². The van der Waals surface area contributed by atoms with Gasteiger partial charge in [0.2, 0.25) is 5.91 Å². The van der Waals surface area contributed by atoms with E-state index in [0.29, 0.717) is 0 Å². The van der Waals surface area contributed by atoms with E-state index < -0.39 is 0 Å². The molecule has 0 unspecified atom stereocenters. The second kappa shape index (κ2) is 5.57. The van der Waals surface area contributed by atoms with Crippen LogP contribution in [0.25, 0.3) is 10.4 Å². The van der Waals surface area contributed by atoms with Crippen LogP contribution in [0.3, 0.4) is 0 Å². The molecule has 98 valence electrons. The second-order valence-corrected chi connectivity index (χ2v) is 5.94. The smallest absolute Gasteiger partial charge is 0.227 e. The maximum Gasteiger partial charge on any atom is 0.227 e. The molecule has 0 atom stereocenters. The summed E-state index contributed by atoms with van der Waals surface area (Å²) >= 11 is 1.70. The number of para-hydroxylation sites is 1. The fourth-order valence-electron chi connectivity index (χ4n) is 2.66. The van der Waals surface area contributed by atoms with Crippen molar-refractivity contribution in [3.63, 3.8) is 0 Å². The van der Waals surface area contributed by atoms with Crippen molar-refractivity contribution >= 4 is 22.9 Å². The van der Waals surface area contributed by atoms with Crippen LogP contribution in [-0.4, -0.2) is 5.91 Å². The Balaban J connectivity index is 1.83. The lowest BCUT2D eigenvalue weighted by molar-refractivity contribution is -0.119. The Morgan fingerprint density at radius 2 is 1.89 bits per heavy atom. The van der Waals surface area contributed by atoms with Crippen molar-refractivity contribution < 1.29 is 4.79 Å². The minimum absolute atomic E-state index is 0.182. The summed E-state index contributed by atoms with van der Waals surface area (Å²) in [5.74, 6) is 0.387. The lowest BCUT2D eigenvalue weighted by Gasteiger charge is -2.13. The molecule has 1 heterocycles. The Hall–Kier alpha value is -1.61. The third-order valence-corrected chi connectivity index (χ3v) is 4.60. The Labute approximate surface area is 117 Å². The number of benzene rings is 1. The average molecular weight is 271 g/mol. The van der Waals surface area contributed by atoms with Gasteiger partial charge < -0.3 is 5.32 Å². The summed E-state index contributed by atoms with van der Waals surface area (Å²) in [4.78, 5) is 13.4. The van der Waals surface area contributed by atoms with Crippen LogP contribution in [0.4, 0.5) is 5.69 Å². The highest BCUT2D eigenvalue weighted by Crippen LogP contribution is 2.32. The van der Waals surface area contributed by atoms with Crippen molar-refractivity contribution in [3.05, 3.63) is 41.8 Å². The molecule has 0 aliphatic heterocycles. The molecular formula is C16H17NOS. The second-order valence-electron chi connectivity index (χ2n) is 4.99. The lowest BCUT2D eigenvalue weighted by atomic mass is 10.1. The van der Waals surface area contributed by atoms with Crippen molar-refractivity contribution in [3.8, 4) is 10.4 Å². The molecule has 1 aromatic heterocycles. The third-order valence-electron chi connectivity index (χ3n) is 3.70. The van der Waals surface area contributed by atoms with E-state index >= 15 is 0 Å². The maximum atomic E-state index is 12.2. The van der Waals surface area contributed by atoms with Crippen LogP contribution in [0.2, 0.25) is 0 Å². The fourth-order valence-corrected chi connectivity index (χ4v) is 3.43. The zero-order chi connectivity index (χ0) is 13.1. The summed E-state index contributed by atoms with van der Waals surface area (Å²) in [5.41, 5.74) is 2.05. The van der Waals surface area contributed by atoms with Crippen LogP contribution in [0.15, 0.2) is 41.8 Å². The van der Waals surface area contributed by atoms with Crippen molar-refractivity contribution in [2.45, 2.75) is 25.7 Å². The number of hydrogen-bond donors (Lipinski definition) is 1. The molecule has 0 bridgehead atoms. The molecule has 1 N–H and O–H groups in total. The molecule has 1 saturated carbocycles. The van der Waals surface area contributed by atoms with Gasteiger partial charge in [-0.2, -0.15) is 0 Å². The van der Waals surface area contributed by atoms with Gasteiger partial charge in [-0.15, -0.1) is 11.3 Å². The van der Waals surface area contributed by atoms with Gasteiger partial charge in [0.25, 0.3) is 0 Å². The molecule has 0 saturated heterocycles. The van der Waals surface area contributed by atoms with Gasteiger partial charge in [0.15, 0.2) is 0 Å². The maximum absolute atomic E-state index is 12.2. The molecule has 1 amide bonds. The average Bonchev–Trinajstić information content (AvgIpc) is 3.13. The first kappa shape index (κ1) is 12.4. The van der Waals surface area contributed by atoms with E-state index in [1.807, 2.05) is 24.3 Å². The van der Waals surface area contributed by atoms with Gasteiger partial charge in [-0.3, -0.25) is 4.79 Å². The first-order valence-electron chi connectivity index (χ1n) is 6.78. The number of carbonyl (C=O) groups is 1. The molecule has 1 aliphatic carbocycles. The predicted octanol–water partition coefficient (Wildman–Crippen LogP) is 4.54. The standard InChI is InChI=1S/C16H17NOS/c18-16(12-6-1-2-7-12)17-14-9-4-3-8-13(14)15-10-5-11-19-15/h3-5,8-12H,1-2,6-7H2,(H,17,18). The van der Waals surface area contributed by atoms with Gasteiger partial charge in [-0.25, -0.2) is 0 Å². The molecule has 0 radical (unpaired) electrons. The van der Waals surface area contributed by atoms with E-state index in [9.17, 15) is 4.79 Å². The van der Waals surface area contributed by atoms with E-state index in [-0.39, 0.29) is 11.8 Å². The van der Waals surface area contributed by atoms with Crippen LogP contribution in [0, 0.1) is 5.92 Å². The molecule has 2 nitrogen and oxygen atoms in total. The number of nitrogens with one attached hydrogen (secondary N) is 1. The van der Waals surface area contributed by atoms with Crippen LogP contribution < -0.4 is 5.32 Å². The number of hydrogen-bond acceptors (Lipinski definition) is 2. The van der Waals surface area contributed by atoms with Gasteiger partial charge >= 0.3 is 0 Å². The highest BCUT2D eigenvalue weighted by Gasteiger charge is 2.23. The highest BCUT2D eigenvalue weighted by atomic mass is 32.1. The van der Waals surface area contributed by atoms with E-state index in [1.54, 1.807) is 11.3 Å². The fraction of sp³-hybridized carbons (Fsp3) is 0.312. The molecule has 3 rings (SSSR count). The minimum Gasteiger partial charge on any atom is -0.325 e. The summed E-state index contributed by atoms with van der Waals surface area (Å²) in [6, 6.07) is 12.2. The normalized spacial score (nSPS) is 15.6. The number of amides is 1. The first-order valence-corrected chi connectivity index (χ1v) is 7.66. The summed E-state index contributed by atoms with van der Waals surface area (Å²) in [5, 5.41) is 5.17. The van der Waals surface area contributed by atoms with Crippen LogP contribution >= 0.6 is 11.3 Å². The Kier molecular flexibility index (Phi) is 3.65. The summed E-state index contributed by atoms with van der Waals surface area (Å²) in [6.07, 6.45) is 4.44. The predicted molar refractivity (Wildman–Crippen MR) is 80.3 cm³/mol. The Bertz CT molecular complexity index is 556. The molecule has 1 aliphatic rings. The molecule has 1 aromatic carbocycles. The summed E-state index contributed by atoms with van der Waals surface area (Å²) in [7, 11) is 0. The van der Waals surface area contributed by atoms with Gasteiger partial charge in [-0.05, 0) is 30.4 Å². The molecule has 0 spiro atoms. The number of thiophene rings is 1. The van der Waals surface area contributed by atoms with E-state index in [0.717, 1.165) is 24.1 Å². The van der Waals surface area contributed by atoms with E-state index in [4.69, 9.17) is 0 Å². The number of carbonyl (C=O) groups excluding carboxylic acids is 1. The topological polar surface area (TPSA) is 29.1 Å². The number of rotatable bonds is 3. The van der Waals surface area contributed by atoms with Crippen molar-refractivity contribution in [2.24, 2.45) is 5.92 Å². The largest absolute Gasteiger partial charge is 0.325 e. The number of anilines is 1. The van der Waals surface area contributed by atoms with Crippen LogP contribution in [0.5, 0.6) is 0 Å². The van der Waals surface area contributed by atoms with Gasteiger partial charge in [0, 0.05) is 22.0 Å². The van der Waals surface area contributed by atoms with E-state index in [2.05, 4.69) is 22.8 Å². The summed E-state index contributed by atoms with van der Waals surface area (Å²) in [6.45, 7) is 0.